The molecule has 2 aromatic heterocycles. The number of nitrogens with zero attached hydrogens (tertiary/aromatic N) is 2. The number of nitrogens with one attached hydrogen (secondary N) is 1. The lowest BCUT2D eigenvalue weighted by Crippen LogP contribution is -2.36. The van der Waals surface area contributed by atoms with Crippen LogP contribution in [0.1, 0.15) is 11.4 Å². The number of aromatic amines is 1. The Balaban J connectivity index is 1.44. The van der Waals surface area contributed by atoms with E-state index in [0.29, 0.717) is 21.1 Å². The number of morpholine rings is 1. The largest absolute Gasteiger partial charge is 0.378 e. The maximum absolute atomic E-state index is 12.8. The van der Waals surface area contributed by atoms with E-state index in [4.69, 9.17) is 16.3 Å². The lowest BCUT2D eigenvalue weighted by atomic mass is 10.1. The van der Waals surface area contributed by atoms with Gasteiger partial charge in [-0.05, 0) is 29.3 Å². The topological polar surface area (TPSA) is 58.2 Å². The number of hydrogen-bond acceptors (Lipinski definition) is 5. The van der Waals surface area contributed by atoms with E-state index in [2.05, 4.69) is 27.0 Å². The fraction of sp³-hybridized carbons (Fsp3) is 0.167. The molecule has 0 atom stereocenters. The molecule has 0 amide bonds. The molecule has 3 heterocycles. The van der Waals surface area contributed by atoms with Gasteiger partial charge in [0.1, 0.15) is 4.83 Å². The maximum Gasteiger partial charge on any atom is 0.260 e. The number of thiophene rings is 1. The summed E-state index contributed by atoms with van der Waals surface area (Å²) in [7, 11) is 0. The molecule has 5 nitrogen and oxygen atoms in total. The summed E-state index contributed by atoms with van der Waals surface area (Å²) in [5, 5.41) is 2.96. The van der Waals surface area contributed by atoms with Gasteiger partial charge in [-0.3, -0.25) is 4.79 Å². The van der Waals surface area contributed by atoms with Gasteiger partial charge < -0.3 is 14.6 Å². The Hall–Kier alpha value is -2.93. The van der Waals surface area contributed by atoms with Crippen LogP contribution in [0.4, 0.5) is 5.69 Å². The molecule has 1 N–H and O–H groups in total. The standard InChI is InChI=1S/C24H20ClN3O2S/c25-20(14-16-6-8-18(9-7-16)28-10-12-30-13-11-28)22-26-23(29)21-19(15-31-24(21)27-22)17-4-2-1-3-5-17/h1-9,14-15H,10-13H2,(H,26,27,29)/b20-14-. The number of hydrogen-bond donors (Lipinski definition) is 1. The molecule has 1 aliphatic heterocycles. The first-order valence-electron chi connectivity index (χ1n) is 10.1. The van der Waals surface area contributed by atoms with Crippen LogP contribution < -0.4 is 10.5 Å². The molecule has 4 aromatic rings. The van der Waals surface area contributed by atoms with Gasteiger partial charge in [0.2, 0.25) is 0 Å². The summed E-state index contributed by atoms with van der Waals surface area (Å²) in [6.45, 7) is 3.30. The zero-order valence-electron chi connectivity index (χ0n) is 16.7. The Labute approximate surface area is 188 Å². The van der Waals surface area contributed by atoms with E-state index in [1.807, 2.05) is 53.9 Å². The number of aromatic nitrogens is 2. The van der Waals surface area contributed by atoms with Gasteiger partial charge in [0.25, 0.3) is 5.56 Å². The van der Waals surface area contributed by atoms with Crippen molar-refractivity contribution in [1.82, 2.24) is 9.97 Å². The van der Waals surface area contributed by atoms with E-state index < -0.39 is 0 Å². The summed E-state index contributed by atoms with van der Waals surface area (Å²) in [5.41, 5.74) is 3.81. The van der Waals surface area contributed by atoms with Crippen LogP contribution in [0, 0.1) is 0 Å². The highest BCUT2D eigenvalue weighted by atomic mass is 35.5. The lowest BCUT2D eigenvalue weighted by molar-refractivity contribution is 0.122. The van der Waals surface area contributed by atoms with Gasteiger partial charge in [-0.15, -0.1) is 11.3 Å². The highest BCUT2D eigenvalue weighted by Gasteiger charge is 2.14. The normalized spacial score (nSPS) is 14.9. The third-order valence-electron chi connectivity index (χ3n) is 5.32. The first kappa shape index (κ1) is 20.0. The summed E-state index contributed by atoms with van der Waals surface area (Å²) >= 11 is 7.98. The van der Waals surface area contributed by atoms with E-state index in [1.165, 1.54) is 11.3 Å². The number of rotatable bonds is 4. The minimum absolute atomic E-state index is 0.186. The van der Waals surface area contributed by atoms with Gasteiger partial charge in [-0.2, -0.15) is 0 Å². The number of ether oxygens (including phenoxy) is 1. The Morgan fingerprint density at radius 2 is 1.84 bits per heavy atom. The number of fused-ring (bicyclic) bond motifs is 1. The monoisotopic (exact) mass is 449 g/mol. The van der Waals surface area contributed by atoms with Crippen LogP contribution in [0.5, 0.6) is 0 Å². The predicted octanol–water partition coefficient (Wildman–Crippen LogP) is 5.23. The second-order valence-corrected chi connectivity index (χ2v) is 8.56. The summed E-state index contributed by atoms with van der Waals surface area (Å²) in [6, 6.07) is 18.0. The van der Waals surface area contributed by atoms with Gasteiger partial charge in [0.05, 0.1) is 23.6 Å². The summed E-state index contributed by atoms with van der Waals surface area (Å²) < 4.78 is 5.41. The van der Waals surface area contributed by atoms with E-state index in [9.17, 15) is 4.79 Å². The first-order chi connectivity index (χ1) is 15.2. The molecule has 0 bridgehead atoms. The molecular weight excluding hydrogens is 430 g/mol. The second-order valence-electron chi connectivity index (χ2n) is 7.29. The van der Waals surface area contributed by atoms with Gasteiger partial charge in [-0.1, -0.05) is 54.1 Å². The SMILES string of the molecule is O=c1[nH]c(/C(Cl)=C/c2ccc(N3CCOCC3)cc2)nc2scc(-c3ccccc3)c12. The maximum atomic E-state index is 12.8. The van der Waals surface area contributed by atoms with Crippen molar-refractivity contribution in [3.05, 3.63) is 81.7 Å². The van der Waals surface area contributed by atoms with Crippen LogP contribution in [-0.4, -0.2) is 36.3 Å². The second kappa shape index (κ2) is 8.67. The number of H-pyrrole nitrogens is 1. The van der Waals surface area contributed by atoms with Crippen molar-refractivity contribution in [1.29, 1.82) is 0 Å². The highest BCUT2D eigenvalue weighted by Crippen LogP contribution is 2.31. The smallest absolute Gasteiger partial charge is 0.260 e. The third-order valence-corrected chi connectivity index (χ3v) is 6.48. The molecule has 0 radical (unpaired) electrons. The number of halogens is 1. The van der Waals surface area contributed by atoms with Crippen LogP contribution in [0.3, 0.4) is 0 Å². The molecule has 0 saturated carbocycles. The predicted molar refractivity (Wildman–Crippen MR) is 129 cm³/mol. The number of benzene rings is 2. The van der Waals surface area contributed by atoms with Gasteiger partial charge >= 0.3 is 0 Å². The van der Waals surface area contributed by atoms with Crippen LogP contribution >= 0.6 is 22.9 Å². The molecule has 1 saturated heterocycles. The quantitative estimate of drug-likeness (QED) is 0.463. The molecule has 0 unspecified atom stereocenters. The van der Waals surface area contributed by atoms with Crippen molar-refractivity contribution in [3.63, 3.8) is 0 Å². The molecule has 5 rings (SSSR count). The van der Waals surface area contributed by atoms with Crippen LogP contribution in [0.15, 0.2) is 64.8 Å². The van der Waals surface area contributed by atoms with E-state index >= 15 is 0 Å². The van der Waals surface area contributed by atoms with Crippen molar-refractivity contribution >= 4 is 50.0 Å². The van der Waals surface area contributed by atoms with Crippen LogP contribution in [0.2, 0.25) is 0 Å². The Bertz CT molecular complexity index is 1290. The van der Waals surface area contributed by atoms with Gasteiger partial charge in [0, 0.05) is 29.7 Å². The molecule has 1 aliphatic rings. The van der Waals surface area contributed by atoms with E-state index in [1.54, 1.807) is 0 Å². The average Bonchev–Trinajstić information content (AvgIpc) is 3.25. The summed E-state index contributed by atoms with van der Waals surface area (Å²) in [5.74, 6) is 0.373. The van der Waals surface area contributed by atoms with Crippen molar-refractivity contribution < 1.29 is 4.74 Å². The Kier molecular flexibility index (Phi) is 5.59. The lowest BCUT2D eigenvalue weighted by Gasteiger charge is -2.28. The van der Waals surface area contributed by atoms with Crippen molar-refractivity contribution in [2.45, 2.75) is 0 Å². The minimum Gasteiger partial charge on any atom is -0.378 e. The molecule has 1 fully saturated rings. The van der Waals surface area contributed by atoms with Crippen molar-refractivity contribution in [2.24, 2.45) is 0 Å². The van der Waals surface area contributed by atoms with Crippen LogP contribution in [0.25, 0.3) is 32.5 Å². The molecule has 7 heteroatoms. The zero-order valence-corrected chi connectivity index (χ0v) is 18.2. The van der Waals surface area contributed by atoms with Gasteiger partial charge in [0.15, 0.2) is 5.82 Å². The average molecular weight is 450 g/mol. The molecule has 2 aromatic carbocycles. The molecule has 0 aliphatic carbocycles. The Morgan fingerprint density at radius 1 is 1.10 bits per heavy atom. The van der Waals surface area contributed by atoms with Crippen LogP contribution in [-0.2, 0) is 4.74 Å². The van der Waals surface area contributed by atoms with E-state index in [-0.39, 0.29) is 5.56 Å². The molecule has 31 heavy (non-hydrogen) atoms. The molecule has 0 spiro atoms. The Morgan fingerprint density at radius 3 is 2.58 bits per heavy atom. The summed E-state index contributed by atoms with van der Waals surface area (Å²) in [6.07, 6.45) is 1.82. The van der Waals surface area contributed by atoms with Gasteiger partial charge in [-0.25, -0.2) is 4.98 Å². The van der Waals surface area contributed by atoms with E-state index in [0.717, 1.165) is 48.7 Å². The highest BCUT2D eigenvalue weighted by molar-refractivity contribution is 7.17. The molecular formula is C24H20ClN3O2S. The first-order valence-corrected chi connectivity index (χ1v) is 11.3. The zero-order chi connectivity index (χ0) is 21.2. The fourth-order valence-corrected chi connectivity index (χ4v) is 4.87. The van der Waals surface area contributed by atoms with Crippen molar-refractivity contribution in [2.75, 3.05) is 31.2 Å². The van der Waals surface area contributed by atoms with Crippen molar-refractivity contribution in [3.8, 4) is 11.1 Å². The summed E-state index contributed by atoms with van der Waals surface area (Å²) in [4.78, 5) is 23.3. The number of anilines is 1. The third kappa shape index (κ3) is 4.14. The molecule has 156 valence electrons. The minimum atomic E-state index is -0.186. The fourth-order valence-electron chi connectivity index (χ4n) is 3.71.